The van der Waals surface area contributed by atoms with Gasteiger partial charge in [-0.15, -0.1) is 0 Å². The van der Waals surface area contributed by atoms with Crippen LogP contribution in [0.4, 0.5) is 4.39 Å². The number of rotatable bonds is 4. The second kappa shape index (κ2) is 4.98. The normalized spacial score (nSPS) is 14.3. The summed E-state index contributed by atoms with van der Waals surface area (Å²) in [6, 6.07) is 7.65. The molecule has 2 aromatic heterocycles. The second-order valence-electron chi connectivity index (χ2n) is 5.24. The quantitative estimate of drug-likeness (QED) is 0.727. The van der Waals surface area contributed by atoms with Crippen LogP contribution in [0.3, 0.4) is 0 Å². The van der Waals surface area contributed by atoms with Crippen molar-refractivity contribution in [2.24, 2.45) is 0 Å². The van der Waals surface area contributed by atoms with Gasteiger partial charge in [-0.1, -0.05) is 5.16 Å². The first kappa shape index (κ1) is 13.1. The number of pyridine rings is 1. The van der Waals surface area contributed by atoms with Gasteiger partial charge in [0.25, 0.3) is 5.71 Å². The van der Waals surface area contributed by atoms with Gasteiger partial charge in [0.15, 0.2) is 11.5 Å². The third-order valence-corrected chi connectivity index (χ3v) is 3.65. The van der Waals surface area contributed by atoms with Crippen LogP contribution in [-0.2, 0) is 0 Å². The van der Waals surface area contributed by atoms with E-state index < -0.39 is 5.82 Å². The lowest BCUT2D eigenvalue weighted by Crippen LogP contribution is -1.93. The molecular weight excluding hydrogens is 287 g/mol. The Kier molecular flexibility index (Phi) is 2.96. The van der Waals surface area contributed by atoms with Gasteiger partial charge in [0, 0.05) is 18.1 Å². The van der Waals surface area contributed by atoms with Crippen LogP contribution < -0.4 is 9.47 Å². The molecule has 4 rings (SSSR count). The van der Waals surface area contributed by atoms with E-state index in [-0.39, 0.29) is 5.75 Å². The topological polar surface area (TPSA) is 57.4 Å². The highest BCUT2D eigenvalue weighted by atomic mass is 19.1. The molecule has 1 aliphatic carbocycles. The minimum absolute atomic E-state index is 0.260. The van der Waals surface area contributed by atoms with E-state index in [1.165, 1.54) is 25.3 Å². The zero-order chi connectivity index (χ0) is 15.1. The summed E-state index contributed by atoms with van der Waals surface area (Å²) >= 11 is 0. The van der Waals surface area contributed by atoms with Gasteiger partial charge < -0.3 is 14.0 Å². The Balaban J connectivity index is 1.68. The number of nitrogens with zero attached hydrogens (tertiary/aromatic N) is 2. The van der Waals surface area contributed by atoms with E-state index in [1.807, 2.05) is 6.07 Å². The van der Waals surface area contributed by atoms with E-state index in [4.69, 9.17) is 14.0 Å². The largest absolute Gasteiger partial charge is 0.493 e. The van der Waals surface area contributed by atoms with Crippen LogP contribution in [0.1, 0.15) is 24.5 Å². The van der Waals surface area contributed by atoms with Gasteiger partial charge in [0.2, 0.25) is 5.88 Å². The Morgan fingerprint density at radius 1 is 1.18 bits per heavy atom. The summed E-state index contributed by atoms with van der Waals surface area (Å²) in [7, 11) is 1.50. The molecule has 0 bridgehead atoms. The lowest BCUT2D eigenvalue weighted by atomic mass is 10.2. The van der Waals surface area contributed by atoms with Gasteiger partial charge in [-0.3, -0.25) is 0 Å². The molecule has 112 valence electrons. The Bertz CT molecular complexity index is 843. The Morgan fingerprint density at radius 2 is 2.05 bits per heavy atom. The average Bonchev–Trinajstić information content (AvgIpc) is 3.27. The van der Waals surface area contributed by atoms with Crippen molar-refractivity contribution in [3.8, 4) is 17.4 Å². The van der Waals surface area contributed by atoms with Gasteiger partial charge in [0.05, 0.1) is 18.2 Å². The van der Waals surface area contributed by atoms with Gasteiger partial charge in [-0.2, -0.15) is 4.98 Å². The highest BCUT2D eigenvalue weighted by Gasteiger charge is 2.29. The van der Waals surface area contributed by atoms with Crippen molar-refractivity contribution in [2.75, 3.05) is 7.11 Å². The van der Waals surface area contributed by atoms with Crippen molar-refractivity contribution in [1.82, 2.24) is 10.1 Å². The minimum Gasteiger partial charge on any atom is -0.493 e. The van der Waals surface area contributed by atoms with Crippen LogP contribution in [0.5, 0.6) is 17.4 Å². The molecule has 6 heteroatoms. The van der Waals surface area contributed by atoms with E-state index in [0.717, 1.165) is 23.9 Å². The van der Waals surface area contributed by atoms with Crippen molar-refractivity contribution < 1.29 is 18.4 Å². The summed E-state index contributed by atoms with van der Waals surface area (Å²) in [5.41, 5.74) is 1.38. The summed E-state index contributed by atoms with van der Waals surface area (Å²) in [4.78, 5) is 4.28. The smallest absolute Gasteiger partial charge is 0.261 e. The van der Waals surface area contributed by atoms with E-state index >= 15 is 0 Å². The molecule has 0 spiro atoms. The SMILES string of the molecule is COc1ccc(F)cc1Oc1ccc2c(C3CC3)noc2n1. The molecule has 0 amide bonds. The fraction of sp³-hybridized carbons (Fsp3) is 0.250. The average molecular weight is 300 g/mol. The molecule has 0 N–H and O–H groups in total. The molecule has 3 aromatic rings. The van der Waals surface area contributed by atoms with Gasteiger partial charge in [-0.25, -0.2) is 4.39 Å². The number of fused-ring (bicyclic) bond motifs is 1. The first-order valence-electron chi connectivity index (χ1n) is 7.02. The van der Waals surface area contributed by atoms with E-state index in [9.17, 15) is 4.39 Å². The van der Waals surface area contributed by atoms with Gasteiger partial charge in [-0.05, 0) is 31.0 Å². The minimum atomic E-state index is -0.410. The van der Waals surface area contributed by atoms with E-state index in [1.54, 1.807) is 6.07 Å². The molecule has 1 aromatic carbocycles. The summed E-state index contributed by atoms with van der Waals surface area (Å²) < 4.78 is 29.4. The van der Waals surface area contributed by atoms with Crippen LogP contribution >= 0.6 is 0 Å². The number of aromatic nitrogens is 2. The summed E-state index contributed by atoms with van der Waals surface area (Å²) in [5.74, 6) is 1.07. The third kappa shape index (κ3) is 2.26. The van der Waals surface area contributed by atoms with Gasteiger partial charge in [0.1, 0.15) is 5.82 Å². The molecule has 0 unspecified atom stereocenters. The maximum atomic E-state index is 13.4. The first-order valence-corrected chi connectivity index (χ1v) is 7.02. The number of benzene rings is 1. The summed E-state index contributed by atoms with van der Waals surface area (Å²) in [5, 5.41) is 4.98. The molecular formula is C16H13FN2O3. The zero-order valence-corrected chi connectivity index (χ0v) is 11.9. The van der Waals surface area contributed by atoms with Crippen molar-refractivity contribution in [2.45, 2.75) is 18.8 Å². The molecule has 22 heavy (non-hydrogen) atoms. The van der Waals surface area contributed by atoms with Crippen LogP contribution in [0, 0.1) is 5.82 Å². The van der Waals surface area contributed by atoms with Crippen LogP contribution in [0.25, 0.3) is 11.1 Å². The lowest BCUT2D eigenvalue weighted by molar-refractivity contribution is 0.370. The van der Waals surface area contributed by atoms with Crippen molar-refractivity contribution in [3.05, 3.63) is 41.8 Å². The molecule has 0 radical (unpaired) electrons. The lowest BCUT2D eigenvalue weighted by Gasteiger charge is -2.09. The maximum Gasteiger partial charge on any atom is 0.261 e. The van der Waals surface area contributed by atoms with E-state index in [0.29, 0.717) is 23.3 Å². The predicted molar refractivity (Wildman–Crippen MR) is 76.8 cm³/mol. The van der Waals surface area contributed by atoms with Crippen LogP contribution in [0.15, 0.2) is 34.9 Å². The van der Waals surface area contributed by atoms with Crippen LogP contribution in [-0.4, -0.2) is 17.3 Å². The molecule has 1 saturated carbocycles. The Hall–Kier alpha value is -2.63. The van der Waals surface area contributed by atoms with Gasteiger partial charge >= 0.3 is 0 Å². The highest BCUT2D eigenvalue weighted by Crippen LogP contribution is 2.42. The van der Waals surface area contributed by atoms with E-state index in [2.05, 4.69) is 10.1 Å². The number of hydrogen-bond donors (Lipinski definition) is 0. The third-order valence-electron chi connectivity index (χ3n) is 3.65. The molecule has 0 saturated heterocycles. The molecule has 5 nitrogen and oxygen atoms in total. The maximum absolute atomic E-state index is 13.4. The monoisotopic (exact) mass is 300 g/mol. The number of hydrogen-bond acceptors (Lipinski definition) is 5. The zero-order valence-electron chi connectivity index (χ0n) is 11.9. The Labute approximate surface area is 125 Å². The molecule has 0 aliphatic heterocycles. The molecule has 0 atom stereocenters. The number of ether oxygens (including phenoxy) is 2. The highest BCUT2D eigenvalue weighted by molar-refractivity contribution is 5.77. The number of halogens is 1. The Morgan fingerprint density at radius 3 is 2.82 bits per heavy atom. The predicted octanol–water partition coefficient (Wildman–Crippen LogP) is 4.04. The molecule has 1 fully saturated rings. The standard InChI is InChI=1S/C16H13FN2O3/c1-20-12-6-4-10(17)8-13(12)21-14-7-5-11-15(9-2-3-9)19-22-16(11)18-14/h4-9H,2-3H2,1H3. The fourth-order valence-electron chi connectivity index (χ4n) is 2.38. The first-order chi connectivity index (χ1) is 10.7. The summed E-state index contributed by atoms with van der Waals surface area (Å²) in [6.45, 7) is 0. The van der Waals surface area contributed by atoms with Crippen molar-refractivity contribution in [1.29, 1.82) is 0 Å². The summed E-state index contributed by atoms with van der Waals surface area (Å²) in [6.07, 6.45) is 2.28. The fourth-order valence-corrected chi connectivity index (χ4v) is 2.38. The van der Waals surface area contributed by atoms with Crippen LogP contribution in [0.2, 0.25) is 0 Å². The molecule has 2 heterocycles. The molecule has 1 aliphatic rings. The van der Waals surface area contributed by atoms with Crippen molar-refractivity contribution in [3.63, 3.8) is 0 Å². The van der Waals surface area contributed by atoms with Crippen molar-refractivity contribution >= 4 is 11.1 Å². The number of methoxy groups -OCH3 is 1. The second-order valence-corrected chi connectivity index (χ2v) is 5.24.